The second kappa shape index (κ2) is 4.84. The molecule has 2 aromatic rings. The van der Waals surface area contributed by atoms with E-state index in [1.165, 1.54) is 0 Å². The van der Waals surface area contributed by atoms with Gasteiger partial charge in [-0.3, -0.25) is 9.89 Å². The number of hydrogen-bond acceptors (Lipinski definition) is 2. The molecular formula is C8H6Cl2N2O. The summed E-state index contributed by atoms with van der Waals surface area (Å²) in [6.45, 7) is 0. The molecule has 0 radical (unpaired) electrons. The van der Waals surface area contributed by atoms with E-state index in [9.17, 15) is 0 Å². The molecule has 2 rings (SSSR count). The lowest BCUT2D eigenvalue weighted by molar-refractivity contribution is 0.275. The zero-order valence-corrected chi connectivity index (χ0v) is 8.01. The van der Waals surface area contributed by atoms with Crippen LogP contribution in [-0.2, 0) is 0 Å². The highest BCUT2D eigenvalue weighted by Crippen LogP contribution is 2.06. The van der Waals surface area contributed by atoms with Crippen LogP contribution in [0.3, 0.4) is 0 Å². The molecule has 1 aromatic heterocycles. The topological polar surface area (TPSA) is 45.8 Å². The summed E-state index contributed by atoms with van der Waals surface area (Å²) in [5, 5.41) is 7.91. The molecule has 0 aliphatic rings. The molecule has 13 heavy (non-hydrogen) atoms. The van der Waals surface area contributed by atoms with E-state index in [1.807, 2.05) is 30.5 Å². The Bertz CT molecular complexity index is 365. The van der Waals surface area contributed by atoms with Crippen molar-refractivity contribution >= 4 is 38.8 Å². The van der Waals surface area contributed by atoms with Gasteiger partial charge in [0, 0.05) is 5.39 Å². The fraction of sp³-hybridized carbons (Fsp3) is 0. The predicted molar refractivity (Wildman–Crippen MR) is 53.2 cm³/mol. The third-order valence-corrected chi connectivity index (χ3v) is 1.35. The van der Waals surface area contributed by atoms with E-state index in [2.05, 4.69) is 33.4 Å². The van der Waals surface area contributed by atoms with Crippen molar-refractivity contribution in [3.05, 3.63) is 30.5 Å². The Labute approximate surface area is 84.6 Å². The second-order valence-corrected chi connectivity index (χ2v) is 3.06. The third kappa shape index (κ3) is 3.44. The minimum atomic E-state index is -0.889. The van der Waals surface area contributed by atoms with Crippen LogP contribution in [-0.4, -0.2) is 14.9 Å². The van der Waals surface area contributed by atoms with E-state index in [0.717, 1.165) is 10.9 Å². The smallest absolute Gasteiger partial charge is 0.278 e. The van der Waals surface area contributed by atoms with E-state index in [4.69, 9.17) is 4.79 Å². The SMILES string of the molecule is O=C(Cl)Cl.c1ccc2[nH]ncc2c1. The third-order valence-electron chi connectivity index (χ3n) is 1.35. The first kappa shape index (κ1) is 10.0. The van der Waals surface area contributed by atoms with Gasteiger partial charge >= 0.3 is 4.70 Å². The average molecular weight is 217 g/mol. The number of nitrogens with zero attached hydrogens (tertiary/aromatic N) is 1. The first-order chi connectivity index (χ1) is 6.20. The van der Waals surface area contributed by atoms with Gasteiger partial charge in [-0.2, -0.15) is 5.10 Å². The molecule has 0 amide bonds. The molecule has 0 saturated carbocycles. The maximum Gasteiger partial charge on any atom is 0.313 e. The van der Waals surface area contributed by atoms with Crippen LogP contribution >= 0.6 is 23.2 Å². The van der Waals surface area contributed by atoms with Gasteiger partial charge in [-0.15, -0.1) is 0 Å². The van der Waals surface area contributed by atoms with Crippen molar-refractivity contribution in [3.8, 4) is 0 Å². The molecule has 0 atom stereocenters. The lowest BCUT2D eigenvalue weighted by Gasteiger charge is -1.81. The number of rotatable bonds is 0. The summed E-state index contributed by atoms with van der Waals surface area (Å²) in [5.74, 6) is 0. The predicted octanol–water partition coefficient (Wildman–Crippen LogP) is 3.15. The molecule has 0 aliphatic carbocycles. The zero-order valence-electron chi connectivity index (χ0n) is 6.50. The van der Waals surface area contributed by atoms with E-state index < -0.39 is 4.70 Å². The van der Waals surface area contributed by atoms with Crippen molar-refractivity contribution < 1.29 is 4.79 Å². The number of fused-ring (bicyclic) bond motifs is 1. The van der Waals surface area contributed by atoms with Gasteiger partial charge < -0.3 is 0 Å². The maximum absolute atomic E-state index is 8.98. The van der Waals surface area contributed by atoms with Crippen molar-refractivity contribution in [1.82, 2.24) is 10.2 Å². The minimum Gasteiger partial charge on any atom is -0.278 e. The summed E-state index contributed by atoms with van der Waals surface area (Å²) in [5.41, 5.74) is 1.09. The molecule has 1 heterocycles. The van der Waals surface area contributed by atoms with Crippen LogP contribution in [0.1, 0.15) is 0 Å². The van der Waals surface area contributed by atoms with Crippen molar-refractivity contribution in [2.24, 2.45) is 0 Å². The summed E-state index contributed by atoms with van der Waals surface area (Å²) in [7, 11) is 0. The fourth-order valence-electron chi connectivity index (χ4n) is 0.883. The highest BCUT2D eigenvalue weighted by molar-refractivity contribution is 6.93. The highest BCUT2D eigenvalue weighted by Gasteiger charge is 1.88. The lowest BCUT2D eigenvalue weighted by atomic mass is 10.3. The number of para-hydroxylation sites is 1. The molecular weight excluding hydrogens is 211 g/mol. The molecule has 0 bridgehead atoms. The summed E-state index contributed by atoms with van der Waals surface area (Å²) >= 11 is 8.80. The Balaban J connectivity index is 0.000000184. The number of nitrogens with one attached hydrogen (secondary N) is 1. The van der Waals surface area contributed by atoms with Crippen molar-refractivity contribution in [1.29, 1.82) is 0 Å². The minimum absolute atomic E-state index is 0.889. The molecule has 5 heteroatoms. The molecule has 0 fully saturated rings. The number of carbonyl (C=O) groups is 1. The van der Waals surface area contributed by atoms with Crippen molar-refractivity contribution in [3.63, 3.8) is 0 Å². The van der Waals surface area contributed by atoms with Crippen LogP contribution in [0.5, 0.6) is 0 Å². The van der Waals surface area contributed by atoms with E-state index >= 15 is 0 Å². The van der Waals surface area contributed by atoms with Crippen LogP contribution in [0, 0.1) is 0 Å². The normalized spacial score (nSPS) is 9.08. The maximum atomic E-state index is 8.98. The van der Waals surface area contributed by atoms with Gasteiger partial charge in [0.25, 0.3) is 0 Å². The average Bonchev–Trinajstić information content (AvgIpc) is 2.49. The molecule has 1 aromatic carbocycles. The van der Waals surface area contributed by atoms with Crippen LogP contribution in [0.2, 0.25) is 0 Å². The first-order valence-electron chi connectivity index (χ1n) is 3.43. The lowest BCUT2D eigenvalue weighted by Crippen LogP contribution is -1.63. The van der Waals surface area contributed by atoms with Crippen LogP contribution in [0.15, 0.2) is 30.5 Å². The van der Waals surface area contributed by atoms with Crippen LogP contribution < -0.4 is 0 Å². The van der Waals surface area contributed by atoms with Crippen molar-refractivity contribution in [2.75, 3.05) is 0 Å². The summed E-state index contributed by atoms with van der Waals surface area (Å²) in [6, 6.07) is 8.01. The molecule has 0 aliphatic heterocycles. The Morgan fingerprint density at radius 3 is 2.54 bits per heavy atom. The monoisotopic (exact) mass is 216 g/mol. The van der Waals surface area contributed by atoms with E-state index in [1.54, 1.807) is 0 Å². The second-order valence-electron chi connectivity index (χ2n) is 2.18. The number of carbonyl (C=O) groups excluding carboxylic acids is 1. The van der Waals surface area contributed by atoms with Gasteiger partial charge in [0.05, 0.1) is 11.7 Å². The zero-order chi connectivity index (χ0) is 9.68. The Hall–Kier alpha value is -1.06. The van der Waals surface area contributed by atoms with Crippen molar-refractivity contribution in [2.45, 2.75) is 0 Å². The molecule has 0 spiro atoms. The highest BCUT2D eigenvalue weighted by atomic mass is 35.5. The Morgan fingerprint density at radius 2 is 1.92 bits per heavy atom. The number of aromatic nitrogens is 2. The van der Waals surface area contributed by atoms with Gasteiger partial charge in [0.2, 0.25) is 0 Å². The number of halogens is 2. The molecule has 1 N–H and O–H groups in total. The molecule has 0 unspecified atom stereocenters. The van der Waals surface area contributed by atoms with Gasteiger partial charge in [-0.1, -0.05) is 18.2 Å². The fourth-order valence-corrected chi connectivity index (χ4v) is 0.883. The summed E-state index contributed by atoms with van der Waals surface area (Å²) < 4.78 is -0.889. The summed E-state index contributed by atoms with van der Waals surface area (Å²) in [6.07, 6.45) is 1.81. The number of H-pyrrole nitrogens is 1. The Morgan fingerprint density at radius 1 is 1.31 bits per heavy atom. The molecule has 68 valence electrons. The van der Waals surface area contributed by atoms with Gasteiger partial charge in [-0.25, -0.2) is 0 Å². The van der Waals surface area contributed by atoms with E-state index in [-0.39, 0.29) is 0 Å². The van der Waals surface area contributed by atoms with Gasteiger partial charge in [0.1, 0.15) is 0 Å². The Kier molecular flexibility index (Phi) is 3.73. The standard InChI is InChI=1S/C7H6N2.CCl2O/c1-2-4-7-6(3-1)5-8-9-7;2-1(3)4/h1-5H,(H,8,9);. The number of aromatic amines is 1. The number of hydrogen-bond donors (Lipinski definition) is 1. The van der Waals surface area contributed by atoms with Crippen LogP contribution in [0.4, 0.5) is 4.79 Å². The summed E-state index contributed by atoms with van der Waals surface area (Å²) in [4.78, 5) is 8.98. The largest absolute Gasteiger partial charge is 0.313 e. The first-order valence-corrected chi connectivity index (χ1v) is 4.19. The number of benzene rings is 1. The van der Waals surface area contributed by atoms with E-state index in [0.29, 0.717) is 0 Å². The van der Waals surface area contributed by atoms with Gasteiger partial charge in [-0.05, 0) is 29.3 Å². The quantitative estimate of drug-likeness (QED) is 0.689. The molecule has 0 saturated heterocycles. The van der Waals surface area contributed by atoms with Crippen LogP contribution in [0.25, 0.3) is 10.9 Å². The molecule has 3 nitrogen and oxygen atoms in total. The van der Waals surface area contributed by atoms with Gasteiger partial charge in [0.15, 0.2) is 0 Å².